The molecule has 0 N–H and O–H groups in total. The maximum Gasteiger partial charge on any atom is 0.147 e. The van der Waals surface area contributed by atoms with E-state index in [-0.39, 0.29) is 0 Å². The van der Waals surface area contributed by atoms with E-state index in [2.05, 4.69) is 25.9 Å². The average Bonchev–Trinajstić information content (AvgIpc) is 2.41. The van der Waals surface area contributed by atoms with Gasteiger partial charge < -0.3 is 0 Å². The van der Waals surface area contributed by atoms with E-state index in [1.165, 1.54) is 0 Å². The number of halogens is 3. The monoisotopic (exact) mass is 376 g/mol. The molecular weight excluding hydrogens is 367 g/mol. The number of rotatable bonds is 4. The van der Waals surface area contributed by atoms with Crippen LogP contribution in [-0.2, 0) is 12.2 Å². The number of aryl methyl sites for hydroxylation is 1. The zero-order valence-corrected chi connectivity index (χ0v) is 14.1. The molecule has 0 unspecified atom stereocenters. The van der Waals surface area contributed by atoms with Crippen LogP contribution >= 0.6 is 50.9 Å². The fourth-order valence-corrected chi connectivity index (χ4v) is 3.03. The number of thioether (sulfide) groups is 1. The molecule has 0 aliphatic carbocycles. The van der Waals surface area contributed by atoms with Crippen molar-refractivity contribution in [2.75, 3.05) is 0 Å². The Morgan fingerprint density at radius 2 is 1.84 bits per heavy atom. The molecule has 19 heavy (non-hydrogen) atoms. The largest absolute Gasteiger partial charge is 0.236 e. The summed E-state index contributed by atoms with van der Waals surface area (Å²) in [6.07, 6.45) is 0.821. The van der Waals surface area contributed by atoms with E-state index in [4.69, 9.17) is 23.2 Å². The summed E-state index contributed by atoms with van der Waals surface area (Å²) in [6.45, 7) is 2.04. The molecule has 2 nitrogen and oxygen atoms in total. The van der Waals surface area contributed by atoms with Crippen LogP contribution in [-0.4, -0.2) is 9.97 Å². The molecular formula is C13H11BrCl2N2S. The molecule has 0 radical (unpaired) electrons. The van der Waals surface area contributed by atoms with E-state index in [0.717, 1.165) is 32.3 Å². The second kappa shape index (κ2) is 6.93. The van der Waals surface area contributed by atoms with Crippen LogP contribution in [0.1, 0.15) is 18.4 Å². The van der Waals surface area contributed by atoms with Crippen LogP contribution in [0.2, 0.25) is 10.2 Å². The zero-order valence-electron chi connectivity index (χ0n) is 10.2. The van der Waals surface area contributed by atoms with E-state index >= 15 is 0 Å². The maximum atomic E-state index is 6.08. The number of aromatic nitrogens is 2. The van der Waals surface area contributed by atoms with Gasteiger partial charge in [-0.05, 0) is 46.6 Å². The molecule has 0 saturated heterocycles. The predicted molar refractivity (Wildman–Crippen MR) is 85.1 cm³/mol. The Balaban J connectivity index is 2.11. The van der Waals surface area contributed by atoms with Gasteiger partial charge in [0.05, 0.1) is 15.9 Å². The van der Waals surface area contributed by atoms with Gasteiger partial charge >= 0.3 is 0 Å². The van der Waals surface area contributed by atoms with Gasteiger partial charge in [-0.1, -0.05) is 30.1 Å². The van der Waals surface area contributed by atoms with E-state index in [0.29, 0.717) is 10.9 Å². The van der Waals surface area contributed by atoms with Crippen molar-refractivity contribution >= 4 is 50.9 Å². The van der Waals surface area contributed by atoms with Crippen LogP contribution in [0.3, 0.4) is 0 Å². The van der Waals surface area contributed by atoms with E-state index in [1.54, 1.807) is 11.8 Å². The van der Waals surface area contributed by atoms with Gasteiger partial charge in [-0.15, -0.1) is 11.8 Å². The highest BCUT2D eigenvalue weighted by Crippen LogP contribution is 2.27. The van der Waals surface area contributed by atoms with Crippen LogP contribution in [0.25, 0.3) is 0 Å². The highest BCUT2D eigenvalue weighted by Gasteiger charge is 2.09. The molecule has 6 heteroatoms. The summed E-state index contributed by atoms with van der Waals surface area (Å²) < 4.78 is 0.789. The molecule has 0 saturated carbocycles. The molecule has 2 rings (SSSR count). The van der Waals surface area contributed by atoms with Crippen molar-refractivity contribution in [3.63, 3.8) is 0 Å². The zero-order chi connectivity index (χ0) is 13.8. The molecule has 0 bridgehead atoms. The third-order valence-electron chi connectivity index (χ3n) is 2.44. The molecule has 1 aromatic carbocycles. The van der Waals surface area contributed by atoms with Crippen molar-refractivity contribution in [2.24, 2.45) is 0 Å². The van der Waals surface area contributed by atoms with Crippen molar-refractivity contribution < 1.29 is 0 Å². The molecule has 0 spiro atoms. The second-order valence-electron chi connectivity index (χ2n) is 3.79. The Kier molecular flexibility index (Phi) is 5.51. The smallest absolute Gasteiger partial charge is 0.147 e. The molecule has 0 fully saturated rings. The van der Waals surface area contributed by atoms with Gasteiger partial charge in [0.15, 0.2) is 0 Å². The van der Waals surface area contributed by atoms with Gasteiger partial charge in [0.2, 0.25) is 0 Å². The van der Waals surface area contributed by atoms with Crippen LogP contribution in [0.4, 0.5) is 0 Å². The molecule has 0 atom stereocenters. The van der Waals surface area contributed by atoms with Gasteiger partial charge in [0.1, 0.15) is 11.0 Å². The minimum atomic E-state index is 0.471. The lowest BCUT2D eigenvalue weighted by Crippen LogP contribution is -1.99. The Labute approximate surface area is 135 Å². The summed E-state index contributed by atoms with van der Waals surface area (Å²) in [4.78, 5) is 9.90. The Morgan fingerprint density at radius 3 is 2.47 bits per heavy atom. The van der Waals surface area contributed by atoms with Crippen LogP contribution in [0, 0.1) is 0 Å². The highest BCUT2D eigenvalue weighted by molar-refractivity contribution is 9.10. The minimum absolute atomic E-state index is 0.471. The lowest BCUT2D eigenvalue weighted by atomic mass is 10.3. The normalized spacial score (nSPS) is 10.7. The van der Waals surface area contributed by atoms with Crippen molar-refractivity contribution in [1.29, 1.82) is 0 Å². The maximum absolute atomic E-state index is 6.08. The number of hydrogen-bond acceptors (Lipinski definition) is 3. The van der Waals surface area contributed by atoms with Crippen LogP contribution in [0.15, 0.2) is 33.6 Å². The fraction of sp³-hybridized carbons (Fsp3) is 0.231. The predicted octanol–water partition coefficient (Wildman–Crippen LogP) is 5.40. The van der Waals surface area contributed by atoms with Crippen LogP contribution in [0.5, 0.6) is 0 Å². The molecule has 0 amide bonds. The molecule has 1 heterocycles. The first-order valence-corrected chi connectivity index (χ1v) is 8.22. The SMILES string of the molecule is CCc1nc(CSc2ccc(Cl)cc2)nc(Cl)c1Br. The third-order valence-corrected chi connectivity index (χ3v) is 5.04. The average molecular weight is 378 g/mol. The van der Waals surface area contributed by atoms with Crippen molar-refractivity contribution in [3.05, 3.63) is 50.4 Å². The molecule has 0 aliphatic rings. The van der Waals surface area contributed by atoms with E-state index in [9.17, 15) is 0 Å². The quantitative estimate of drug-likeness (QED) is 0.526. The molecule has 2 aromatic rings. The van der Waals surface area contributed by atoms with Crippen molar-refractivity contribution in [2.45, 2.75) is 24.0 Å². The molecule has 0 aliphatic heterocycles. The van der Waals surface area contributed by atoms with Gasteiger partial charge in [0, 0.05) is 9.92 Å². The topological polar surface area (TPSA) is 25.8 Å². The lowest BCUT2D eigenvalue weighted by molar-refractivity contribution is 0.928. The Hall–Kier alpha value is -0.290. The third kappa shape index (κ3) is 4.09. The van der Waals surface area contributed by atoms with Crippen LogP contribution < -0.4 is 0 Å². The Morgan fingerprint density at radius 1 is 1.16 bits per heavy atom. The first-order chi connectivity index (χ1) is 9.10. The molecule has 100 valence electrons. The fourth-order valence-electron chi connectivity index (χ4n) is 1.49. The lowest BCUT2D eigenvalue weighted by Gasteiger charge is -2.06. The summed E-state index contributed by atoms with van der Waals surface area (Å²) in [5, 5.41) is 1.21. The summed E-state index contributed by atoms with van der Waals surface area (Å²) in [5.41, 5.74) is 0.937. The van der Waals surface area contributed by atoms with Crippen molar-refractivity contribution in [1.82, 2.24) is 9.97 Å². The van der Waals surface area contributed by atoms with Gasteiger partial charge in [-0.2, -0.15) is 0 Å². The van der Waals surface area contributed by atoms with Crippen molar-refractivity contribution in [3.8, 4) is 0 Å². The van der Waals surface area contributed by atoms with Gasteiger partial charge in [-0.25, -0.2) is 9.97 Å². The number of nitrogens with zero attached hydrogens (tertiary/aromatic N) is 2. The summed E-state index contributed by atoms with van der Waals surface area (Å²) in [6, 6.07) is 7.70. The summed E-state index contributed by atoms with van der Waals surface area (Å²) in [7, 11) is 0. The molecule has 1 aromatic heterocycles. The van der Waals surface area contributed by atoms with E-state index in [1.807, 2.05) is 31.2 Å². The van der Waals surface area contributed by atoms with Gasteiger partial charge in [0.25, 0.3) is 0 Å². The standard InChI is InChI=1S/C13H11BrCl2N2S/c1-2-10-12(14)13(16)18-11(17-10)7-19-9-5-3-8(15)4-6-9/h3-6H,2,7H2,1H3. The first-order valence-electron chi connectivity index (χ1n) is 5.69. The minimum Gasteiger partial charge on any atom is -0.236 e. The first kappa shape index (κ1) is 15.1. The second-order valence-corrected chi connectivity index (χ2v) is 6.42. The number of benzene rings is 1. The summed E-state index contributed by atoms with van der Waals surface area (Å²) >= 11 is 17.0. The van der Waals surface area contributed by atoms with E-state index < -0.39 is 0 Å². The Bertz CT molecular complexity index is 576. The highest BCUT2D eigenvalue weighted by atomic mass is 79.9. The number of hydrogen-bond donors (Lipinski definition) is 0. The summed E-state index contributed by atoms with van der Waals surface area (Å²) in [5.74, 6) is 1.42. The van der Waals surface area contributed by atoms with Gasteiger partial charge in [-0.3, -0.25) is 0 Å².